The summed E-state index contributed by atoms with van der Waals surface area (Å²) < 4.78 is 7.76. The number of nitrogens with zero attached hydrogens (tertiary/aromatic N) is 3. The highest BCUT2D eigenvalue weighted by Gasteiger charge is 2.10. The molecule has 0 spiro atoms. The number of rotatable bonds is 4. The second-order valence-corrected chi connectivity index (χ2v) is 5.70. The highest BCUT2D eigenvalue weighted by atomic mass is 16.5. The number of nitrogens with two attached hydrogens (primary N) is 1. The minimum absolute atomic E-state index is 0.576. The maximum Gasteiger partial charge on any atom is 0.224 e. The minimum atomic E-state index is 0.576. The second kappa shape index (κ2) is 6.16. The summed E-state index contributed by atoms with van der Waals surface area (Å²) in [5.74, 6) is 1.98. The molecule has 0 unspecified atom stereocenters. The first-order chi connectivity index (χ1) is 12.2. The molecule has 0 saturated carbocycles. The van der Waals surface area contributed by atoms with Crippen LogP contribution < -0.4 is 15.8 Å². The first-order valence-corrected chi connectivity index (χ1v) is 7.88. The molecule has 0 fully saturated rings. The second-order valence-electron chi connectivity index (χ2n) is 5.70. The van der Waals surface area contributed by atoms with E-state index in [9.17, 15) is 0 Å². The number of anilines is 3. The lowest BCUT2D eigenvalue weighted by Crippen LogP contribution is -2.01. The number of aryl methyl sites for hydroxylation is 1. The van der Waals surface area contributed by atoms with Gasteiger partial charge in [-0.25, -0.2) is 9.97 Å². The van der Waals surface area contributed by atoms with Gasteiger partial charge < -0.3 is 15.8 Å². The smallest absolute Gasteiger partial charge is 0.224 e. The van der Waals surface area contributed by atoms with Crippen LogP contribution in [0.1, 0.15) is 5.56 Å². The minimum Gasteiger partial charge on any atom is -0.439 e. The molecule has 2 heterocycles. The molecule has 4 aromatic rings. The van der Waals surface area contributed by atoms with Crippen molar-refractivity contribution in [3.8, 4) is 11.6 Å². The predicted octanol–water partition coefficient (Wildman–Crippen LogP) is 4.16. The molecular formula is C19H17N5O. The van der Waals surface area contributed by atoms with Gasteiger partial charge in [-0.2, -0.15) is 0 Å². The quantitative estimate of drug-likeness (QED) is 0.549. The fourth-order valence-electron chi connectivity index (χ4n) is 2.56. The van der Waals surface area contributed by atoms with Crippen molar-refractivity contribution in [1.29, 1.82) is 0 Å². The van der Waals surface area contributed by atoms with Gasteiger partial charge in [-0.3, -0.25) is 4.40 Å². The van der Waals surface area contributed by atoms with Gasteiger partial charge in [0.2, 0.25) is 5.88 Å². The molecule has 0 aliphatic rings. The van der Waals surface area contributed by atoms with Crippen molar-refractivity contribution < 1.29 is 4.74 Å². The Bertz CT molecular complexity index is 1020. The molecule has 25 heavy (non-hydrogen) atoms. The number of hydrogen-bond donors (Lipinski definition) is 2. The third-order valence-electron chi connectivity index (χ3n) is 3.92. The monoisotopic (exact) mass is 331 g/mol. The van der Waals surface area contributed by atoms with E-state index in [1.54, 1.807) is 30.9 Å². The van der Waals surface area contributed by atoms with Crippen LogP contribution in [-0.2, 0) is 0 Å². The maximum absolute atomic E-state index is 5.91. The molecule has 6 heteroatoms. The van der Waals surface area contributed by atoms with Crippen LogP contribution in [0.5, 0.6) is 11.6 Å². The number of nitrogens with one attached hydrogen (secondary N) is 1. The first kappa shape index (κ1) is 15.0. The average molecular weight is 331 g/mol. The lowest BCUT2D eigenvalue weighted by atomic mass is 10.2. The van der Waals surface area contributed by atoms with Gasteiger partial charge in [-0.05, 0) is 42.8 Å². The van der Waals surface area contributed by atoms with E-state index in [2.05, 4.69) is 28.3 Å². The van der Waals surface area contributed by atoms with E-state index in [4.69, 9.17) is 10.5 Å². The fourth-order valence-corrected chi connectivity index (χ4v) is 2.56. The number of fused-ring (bicyclic) bond motifs is 1. The van der Waals surface area contributed by atoms with Crippen LogP contribution in [0.3, 0.4) is 0 Å². The summed E-state index contributed by atoms with van der Waals surface area (Å²) in [5, 5.41) is 3.36. The molecule has 124 valence electrons. The van der Waals surface area contributed by atoms with Gasteiger partial charge in [0.05, 0.1) is 12.4 Å². The van der Waals surface area contributed by atoms with Crippen molar-refractivity contribution >= 4 is 22.7 Å². The van der Waals surface area contributed by atoms with E-state index in [0.29, 0.717) is 17.3 Å². The summed E-state index contributed by atoms with van der Waals surface area (Å²) in [4.78, 5) is 8.73. The highest BCUT2D eigenvalue weighted by molar-refractivity contribution is 5.74. The van der Waals surface area contributed by atoms with Crippen molar-refractivity contribution in [1.82, 2.24) is 14.4 Å². The molecule has 0 aliphatic carbocycles. The van der Waals surface area contributed by atoms with Crippen molar-refractivity contribution in [2.24, 2.45) is 0 Å². The molecule has 0 radical (unpaired) electrons. The number of imidazole rings is 1. The molecule has 2 aromatic carbocycles. The average Bonchev–Trinajstić information content (AvgIpc) is 3.11. The Balaban J connectivity index is 1.69. The molecular weight excluding hydrogens is 314 g/mol. The largest absolute Gasteiger partial charge is 0.439 e. The topological polar surface area (TPSA) is 77.5 Å². The van der Waals surface area contributed by atoms with Gasteiger partial charge in [0.15, 0.2) is 5.82 Å². The summed E-state index contributed by atoms with van der Waals surface area (Å²) in [6.07, 6.45) is 5.13. The molecule has 0 amide bonds. The zero-order chi connectivity index (χ0) is 17.2. The number of benzene rings is 2. The summed E-state index contributed by atoms with van der Waals surface area (Å²) in [7, 11) is 0. The van der Waals surface area contributed by atoms with Gasteiger partial charge in [0.25, 0.3) is 0 Å². The van der Waals surface area contributed by atoms with Crippen LogP contribution in [0.2, 0.25) is 0 Å². The Morgan fingerprint density at radius 1 is 1.04 bits per heavy atom. The fraction of sp³-hybridized carbons (Fsp3) is 0.0526. The SMILES string of the molecule is Cc1ccccc1Nc1ncc(Oc2ccc(N)cc2)n2cncc12. The number of aromatic nitrogens is 3. The Morgan fingerprint density at radius 2 is 1.84 bits per heavy atom. The molecule has 0 bridgehead atoms. The zero-order valence-corrected chi connectivity index (χ0v) is 13.7. The van der Waals surface area contributed by atoms with Gasteiger partial charge in [-0.1, -0.05) is 18.2 Å². The third-order valence-corrected chi connectivity index (χ3v) is 3.92. The van der Waals surface area contributed by atoms with E-state index < -0.39 is 0 Å². The third kappa shape index (κ3) is 2.97. The van der Waals surface area contributed by atoms with Crippen LogP contribution in [0.25, 0.3) is 5.52 Å². The summed E-state index contributed by atoms with van der Waals surface area (Å²) in [5.41, 5.74) is 9.38. The van der Waals surface area contributed by atoms with Gasteiger partial charge >= 0.3 is 0 Å². The Hall–Kier alpha value is -3.54. The van der Waals surface area contributed by atoms with Crippen LogP contribution in [0.4, 0.5) is 17.2 Å². The molecule has 2 aromatic heterocycles. The highest BCUT2D eigenvalue weighted by Crippen LogP contribution is 2.27. The summed E-state index contributed by atoms with van der Waals surface area (Å²) >= 11 is 0. The van der Waals surface area contributed by atoms with Crippen LogP contribution in [0, 0.1) is 6.92 Å². The van der Waals surface area contributed by atoms with Crippen molar-refractivity contribution in [2.45, 2.75) is 6.92 Å². The molecule has 0 aliphatic heterocycles. The van der Waals surface area contributed by atoms with Crippen LogP contribution >= 0.6 is 0 Å². The van der Waals surface area contributed by atoms with E-state index in [1.165, 1.54) is 0 Å². The lowest BCUT2D eigenvalue weighted by molar-refractivity contribution is 0.453. The van der Waals surface area contributed by atoms with Gasteiger partial charge in [0.1, 0.15) is 17.6 Å². The Labute approximate surface area is 144 Å². The van der Waals surface area contributed by atoms with Crippen molar-refractivity contribution in [2.75, 3.05) is 11.1 Å². The first-order valence-electron chi connectivity index (χ1n) is 7.88. The standard InChI is InChI=1S/C19H17N5O/c1-13-4-2-3-5-16(13)23-19-17-10-21-12-24(17)18(11-22-19)25-15-8-6-14(20)7-9-15/h2-12H,20H2,1H3,(H,22,23). The zero-order valence-electron chi connectivity index (χ0n) is 13.7. The van der Waals surface area contributed by atoms with Crippen LogP contribution in [0.15, 0.2) is 67.3 Å². The van der Waals surface area contributed by atoms with Gasteiger partial charge in [0, 0.05) is 11.4 Å². The van der Waals surface area contributed by atoms with Gasteiger partial charge in [-0.15, -0.1) is 0 Å². The molecule has 3 N–H and O–H groups in total. The molecule has 4 rings (SSSR count). The van der Waals surface area contributed by atoms with Crippen molar-refractivity contribution in [3.05, 3.63) is 72.8 Å². The Morgan fingerprint density at radius 3 is 2.64 bits per heavy atom. The number of nitrogen functional groups attached to an aromatic ring is 1. The number of ether oxygens (including phenoxy) is 1. The normalized spacial score (nSPS) is 10.8. The van der Waals surface area contributed by atoms with Crippen molar-refractivity contribution in [3.63, 3.8) is 0 Å². The lowest BCUT2D eigenvalue weighted by Gasteiger charge is -2.12. The van der Waals surface area contributed by atoms with E-state index >= 15 is 0 Å². The predicted molar refractivity (Wildman–Crippen MR) is 98.4 cm³/mol. The molecule has 0 atom stereocenters. The summed E-state index contributed by atoms with van der Waals surface area (Å²) in [6, 6.07) is 15.3. The maximum atomic E-state index is 5.91. The van der Waals surface area contributed by atoms with E-state index in [0.717, 1.165) is 22.6 Å². The Kier molecular flexibility index (Phi) is 3.70. The molecule has 0 saturated heterocycles. The molecule has 6 nitrogen and oxygen atoms in total. The van der Waals surface area contributed by atoms with E-state index in [1.807, 2.05) is 34.7 Å². The number of para-hydroxylation sites is 1. The summed E-state index contributed by atoms with van der Waals surface area (Å²) in [6.45, 7) is 2.05. The number of hydrogen-bond acceptors (Lipinski definition) is 5. The van der Waals surface area contributed by atoms with E-state index in [-0.39, 0.29) is 0 Å². The van der Waals surface area contributed by atoms with Crippen LogP contribution in [-0.4, -0.2) is 14.4 Å².